The first kappa shape index (κ1) is 12.9. The monoisotopic (exact) mass is 201 g/mol. The SMILES string of the molecule is C1CCOOC1.CCOC(=O)CC#N. The standard InChI is InChI=1S/C5H7NO2.C4H8O2/c1-2-8-5(7)3-4-6;1-2-4-6-5-3-1/h2-3H2,1H3;1-4H2. The molecule has 5 nitrogen and oxygen atoms in total. The Morgan fingerprint density at radius 1 is 1.43 bits per heavy atom. The summed E-state index contributed by atoms with van der Waals surface area (Å²) in [6.45, 7) is 3.61. The van der Waals surface area contributed by atoms with E-state index in [1.165, 1.54) is 0 Å². The molecule has 1 aliphatic heterocycles. The van der Waals surface area contributed by atoms with Crippen LogP contribution in [-0.2, 0) is 19.3 Å². The number of rotatable bonds is 2. The highest BCUT2D eigenvalue weighted by atomic mass is 17.2. The maximum Gasteiger partial charge on any atom is 0.320 e. The lowest BCUT2D eigenvalue weighted by molar-refractivity contribution is -0.312. The Morgan fingerprint density at radius 3 is 2.29 bits per heavy atom. The minimum absolute atomic E-state index is 0.145. The minimum Gasteiger partial charge on any atom is -0.465 e. The van der Waals surface area contributed by atoms with Gasteiger partial charge in [-0.05, 0) is 19.8 Å². The Bertz CT molecular complexity index is 172. The van der Waals surface area contributed by atoms with Crippen molar-refractivity contribution in [2.45, 2.75) is 26.2 Å². The Balaban J connectivity index is 0.000000249. The van der Waals surface area contributed by atoms with Crippen molar-refractivity contribution in [2.75, 3.05) is 19.8 Å². The molecule has 0 aromatic heterocycles. The fourth-order valence-corrected chi connectivity index (χ4v) is 0.716. The number of carbonyl (C=O) groups is 1. The third kappa shape index (κ3) is 8.97. The molecule has 0 saturated carbocycles. The lowest BCUT2D eigenvalue weighted by atomic mass is 10.3. The van der Waals surface area contributed by atoms with Crippen LogP contribution in [0.5, 0.6) is 0 Å². The quantitative estimate of drug-likeness (QED) is 0.496. The van der Waals surface area contributed by atoms with E-state index in [-0.39, 0.29) is 6.42 Å². The summed E-state index contributed by atoms with van der Waals surface area (Å²) < 4.78 is 4.42. The van der Waals surface area contributed by atoms with Crippen LogP contribution in [0.1, 0.15) is 26.2 Å². The summed E-state index contributed by atoms with van der Waals surface area (Å²) >= 11 is 0. The summed E-state index contributed by atoms with van der Waals surface area (Å²) in [4.78, 5) is 19.3. The number of nitriles is 1. The second-order valence-electron chi connectivity index (χ2n) is 2.49. The molecule has 0 unspecified atom stereocenters. The normalized spacial score (nSPS) is 14.6. The zero-order chi connectivity index (χ0) is 10.6. The maximum absolute atomic E-state index is 10.2. The Morgan fingerprint density at radius 2 is 2.00 bits per heavy atom. The van der Waals surface area contributed by atoms with Gasteiger partial charge in [0, 0.05) is 0 Å². The van der Waals surface area contributed by atoms with Crippen LogP contribution in [0, 0.1) is 11.3 Å². The fourth-order valence-electron chi connectivity index (χ4n) is 0.716. The van der Waals surface area contributed by atoms with Crippen molar-refractivity contribution in [3.63, 3.8) is 0 Å². The first-order chi connectivity index (χ1) is 6.81. The van der Waals surface area contributed by atoms with Gasteiger partial charge in [0.15, 0.2) is 0 Å². The molecule has 1 fully saturated rings. The lowest BCUT2D eigenvalue weighted by Crippen LogP contribution is -2.05. The van der Waals surface area contributed by atoms with Crippen LogP contribution in [0.4, 0.5) is 0 Å². The van der Waals surface area contributed by atoms with E-state index >= 15 is 0 Å². The van der Waals surface area contributed by atoms with Gasteiger partial charge in [0.1, 0.15) is 6.42 Å². The smallest absolute Gasteiger partial charge is 0.320 e. The molecular formula is C9H15NO4. The number of hydrogen-bond donors (Lipinski definition) is 0. The minimum atomic E-state index is -0.449. The number of carbonyl (C=O) groups excluding carboxylic acids is 1. The fraction of sp³-hybridized carbons (Fsp3) is 0.778. The number of hydrogen-bond acceptors (Lipinski definition) is 5. The van der Waals surface area contributed by atoms with Gasteiger partial charge in [-0.2, -0.15) is 5.26 Å². The van der Waals surface area contributed by atoms with E-state index in [0.29, 0.717) is 6.61 Å². The highest BCUT2D eigenvalue weighted by Crippen LogP contribution is 1.97. The van der Waals surface area contributed by atoms with E-state index in [4.69, 9.17) is 5.26 Å². The molecule has 1 rings (SSSR count). The molecule has 1 heterocycles. The van der Waals surface area contributed by atoms with Gasteiger partial charge in [0.25, 0.3) is 0 Å². The van der Waals surface area contributed by atoms with E-state index in [0.717, 1.165) is 26.1 Å². The predicted molar refractivity (Wildman–Crippen MR) is 48.0 cm³/mol. The molecular weight excluding hydrogens is 186 g/mol. The molecule has 0 aromatic rings. The van der Waals surface area contributed by atoms with Crippen molar-refractivity contribution in [1.29, 1.82) is 5.26 Å². The summed E-state index contributed by atoms with van der Waals surface area (Å²) in [6.07, 6.45) is 2.16. The van der Waals surface area contributed by atoms with Crippen molar-refractivity contribution in [3.05, 3.63) is 0 Å². The van der Waals surface area contributed by atoms with Crippen LogP contribution in [0.2, 0.25) is 0 Å². The average Bonchev–Trinajstić information content (AvgIpc) is 2.22. The summed E-state index contributed by atoms with van der Waals surface area (Å²) in [5, 5.41) is 7.91. The molecule has 0 spiro atoms. The molecule has 0 aromatic carbocycles. The second-order valence-corrected chi connectivity index (χ2v) is 2.49. The maximum atomic E-state index is 10.2. The van der Waals surface area contributed by atoms with Crippen molar-refractivity contribution in [2.24, 2.45) is 0 Å². The van der Waals surface area contributed by atoms with Gasteiger partial charge in [0.2, 0.25) is 0 Å². The first-order valence-electron chi connectivity index (χ1n) is 4.58. The van der Waals surface area contributed by atoms with Gasteiger partial charge in [-0.3, -0.25) is 4.79 Å². The molecule has 0 N–H and O–H groups in total. The van der Waals surface area contributed by atoms with Crippen molar-refractivity contribution < 1.29 is 19.3 Å². The zero-order valence-corrected chi connectivity index (χ0v) is 8.32. The van der Waals surface area contributed by atoms with Gasteiger partial charge < -0.3 is 4.74 Å². The summed E-state index contributed by atoms with van der Waals surface area (Å²) in [5.41, 5.74) is 0. The Labute approximate surface area is 83.5 Å². The number of ether oxygens (including phenoxy) is 1. The summed E-state index contributed by atoms with van der Waals surface area (Å²) in [6, 6.07) is 1.68. The van der Waals surface area contributed by atoms with Crippen LogP contribution in [-0.4, -0.2) is 25.8 Å². The molecule has 14 heavy (non-hydrogen) atoms. The van der Waals surface area contributed by atoms with Crippen molar-refractivity contribution in [3.8, 4) is 6.07 Å². The summed E-state index contributed by atoms with van der Waals surface area (Å²) in [7, 11) is 0. The van der Waals surface area contributed by atoms with Crippen LogP contribution in [0.25, 0.3) is 0 Å². The van der Waals surface area contributed by atoms with Gasteiger partial charge in [-0.25, -0.2) is 9.78 Å². The molecule has 0 radical (unpaired) electrons. The predicted octanol–water partition coefficient (Wildman–Crippen LogP) is 1.19. The molecule has 0 amide bonds. The Kier molecular flexibility index (Phi) is 9.17. The lowest BCUT2D eigenvalue weighted by Gasteiger charge is -2.07. The second kappa shape index (κ2) is 9.96. The van der Waals surface area contributed by atoms with Crippen LogP contribution < -0.4 is 0 Å². The van der Waals surface area contributed by atoms with Gasteiger partial charge in [-0.1, -0.05) is 0 Å². The van der Waals surface area contributed by atoms with Crippen LogP contribution >= 0.6 is 0 Å². The molecule has 0 bridgehead atoms. The van der Waals surface area contributed by atoms with Crippen molar-refractivity contribution >= 4 is 5.97 Å². The van der Waals surface area contributed by atoms with Crippen LogP contribution in [0.15, 0.2) is 0 Å². The van der Waals surface area contributed by atoms with E-state index in [1.54, 1.807) is 13.0 Å². The van der Waals surface area contributed by atoms with Gasteiger partial charge >= 0.3 is 5.97 Å². The molecule has 0 aliphatic carbocycles. The van der Waals surface area contributed by atoms with Gasteiger partial charge in [-0.15, -0.1) is 0 Å². The summed E-state index contributed by atoms with van der Waals surface area (Å²) in [5.74, 6) is -0.449. The third-order valence-corrected chi connectivity index (χ3v) is 1.32. The van der Waals surface area contributed by atoms with E-state index < -0.39 is 5.97 Å². The topological polar surface area (TPSA) is 68.6 Å². The molecule has 1 aliphatic rings. The number of esters is 1. The van der Waals surface area contributed by atoms with E-state index in [2.05, 4.69) is 14.5 Å². The Hall–Kier alpha value is -1.12. The molecule has 1 saturated heterocycles. The largest absolute Gasteiger partial charge is 0.465 e. The van der Waals surface area contributed by atoms with Gasteiger partial charge in [0.05, 0.1) is 25.9 Å². The van der Waals surface area contributed by atoms with Crippen LogP contribution in [0.3, 0.4) is 0 Å². The first-order valence-corrected chi connectivity index (χ1v) is 4.58. The average molecular weight is 201 g/mol. The highest BCUT2D eigenvalue weighted by molar-refractivity contribution is 5.71. The number of nitrogens with zero attached hydrogens (tertiary/aromatic N) is 1. The van der Waals surface area contributed by atoms with E-state index in [9.17, 15) is 4.79 Å². The van der Waals surface area contributed by atoms with Crippen molar-refractivity contribution in [1.82, 2.24) is 0 Å². The third-order valence-electron chi connectivity index (χ3n) is 1.32. The molecule has 5 heteroatoms. The highest BCUT2D eigenvalue weighted by Gasteiger charge is 1.96. The molecule has 80 valence electrons. The zero-order valence-electron chi connectivity index (χ0n) is 8.32. The molecule has 0 atom stereocenters. The van der Waals surface area contributed by atoms with E-state index in [1.807, 2.05) is 0 Å².